The Balaban J connectivity index is 1.52. The molecule has 3 heterocycles. The first-order valence-corrected chi connectivity index (χ1v) is 8.91. The lowest BCUT2D eigenvalue weighted by Crippen LogP contribution is -2.60. The van der Waals surface area contributed by atoms with Crippen molar-refractivity contribution in [2.75, 3.05) is 44.4 Å². The third-order valence-electron chi connectivity index (χ3n) is 4.91. The molecule has 0 N–H and O–H groups in total. The van der Waals surface area contributed by atoms with E-state index < -0.39 is 5.60 Å². The summed E-state index contributed by atoms with van der Waals surface area (Å²) in [6.45, 7) is 4.08. The Morgan fingerprint density at radius 3 is 2.85 bits per heavy atom. The fourth-order valence-corrected chi connectivity index (χ4v) is 3.67. The lowest BCUT2D eigenvalue weighted by Gasteiger charge is -2.43. The number of aryl methyl sites for hydroxylation is 1. The number of anilines is 1. The predicted molar refractivity (Wildman–Crippen MR) is 96.8 cm³/mol. The van der Waals surface area contributed by atoms with Gasteiger partial charge in [0.25, 0.3) is 5.91 Å². The zero-order valence-corrected chi connectivity index (χ0v) is 15.0. The van der Waals surface area contributed by atoms with Gasteiger partial charge < -0.3 is 14.4 Å². The van der Waals surface area contributed by atoms with Crippen LogP contribution >= 0.6 is 0 Å². The molecule has 1 amide bonds. The van der Waals surface area contributed by atoms with Gasteiger partial charge in [0, 0.05) is 44.1 Å². The number of para-hydroxylation sites is 1. The summed E-state index contributed by atoms with van der Waals surface area (Å²) in [4.78, 5) is 16.6. The van der Waals surface area contributed by atoms with E-state index >= 15 is 0 Å². The standard InChI is InChI=1S/C19H24N4O3/c1-21-10-16(9-20-21)11-22-7-8-25-15-19(13-22)14-23(18(24)12-26-19)17-5-3-2-4-6-17/h2-6,9-10H,7-8,11-15H2,1H3/t19-/m1/s1. The predicted octanol–water partition coefficient (Wildman–Crippen LogP) is 1.05. The maximum atomic E-state index is 12.4. The number of carbonyl (C=O) groups is 1. The average Bonchev–Trinajstić information content (AvgIpc) is 2.95. The van der Waals surface area contributed by atoms with Crippen LogP contribution in [0, 0.1) is 0 Å². The van der Waals surface area contributed by atoms with Gasteiger partial charge in [-0.05, 0) is 12.1 Å². The quantitative estimate of drug-likeness (QED) is 0.823. The molecule has 0 aliphatic carbocycles. The van der Waals surface area contributed by atoms with Crippen LogP contribution in [0.25, 0.3) is 0 Å². The molecule has 2 aliphatic heterocycles. The summed E-state index contributed by atoms with van der Waals surface area (Å²) in [5.41, 5.74) is 1.56. The first kappa shape index (κ1) is 17.2. The lowest BCUT2D eigenvalue weighted by molar-refractivity contribution is -0.146. The third kappa shape index (κ3) is 3.65. The Morgan fingerprint density at radius 2 is 2.08 bits per heavy atom. The van der Waals surface area contributed by atoms with Crippen LogP contribution in [0.5, 0.6) is 0 Å². The van der Waals surface area contributed by atoms with Crippen molar-refractivity contribution in [3.05, 3.63) is 48.3 Å². The van der Waals surface area contributed by atoms with Gasteiger partial charge in [0.2, 0.25) is 0 Å². The second-order valence-electron chi connectivity index (χ2n) is 7.07. The lowest BCUT2D eigenvalue weighted by atomic mass is 10.0. The van der Waals surface area contributed by atoms with Gasteiger partial charge in [0.15, 0.2) is 0 Å². The molecular formula is C19H24N4O3. The molecule has 2 aliphatic rings. The summed E-state index contributed by atoms with van der Waals surface area (Å²) in [5.74, 6) is -0.00937. The van der Waals surface area contributed by atoms with E-state index in [0.717, 1.165) is 30.9 Å². The number of amides is 1. The normalized spacial score (nSPS) is 24.8. The first-order valence-electron chi connectivity index (χ1n) is 8.91. The maximum absolute atomic E-state index is 12.4. The molecule has 0 bridgehead atoms. The molecule has 1 spiro atoms. The minimum absolute atomic E-state index is 0.00937. The number of hydrogen-bond acceptors (Lipinski definition) is 5. The number of hydrogen-bond donors (Lipinski definition) is 0. The third-order valence-corrected chi connectivity index (χ3v) is 4.91. The molecule has 2 fully saturated rings. The Kier molecular flexibility index (Phi) is 4.76. The van der Waals surface area contributed by atoms with Crippen LogP contribution in [0.1, 0.15) is 5.56 Å². The molecule has 0 radical (unpaired) electrons. The van der Waals surface area contributed by atoms with E-state index in [-0.39, 0.29) is 12.5 Å². The van der Waals surface area contributed by atoms with E-state index in [4.69, 9.17) is 9.47 Å². The monoisotopic (exact) mass is 356 g/mol. The summed E-state index contributed by atoms with van der Waals surface area (Å²) in [7, 11) is 1.92. The molecule has 138 valence electrons. The molecule has 7 heteroatoms. The number of carbonyl (C=O) groups excluding carboxylic acids is 1. The van der Waals surface area contributed by atoms with Gasteiger partial charge in [-0.1, -0.05) is 18.2 Å². The SMILES string of the molecule is Cn1cc(CN2CCOC[C@@]3(C2)CN(c2ccccc2)C(=O)CO3)cn1. The molecular weight excluding hydrogens is 332 g/mol. The van der Waals surface area contributed by atoms with Crippen LogP contribution in [-0.2, 0) is 27.9 Å². The highest BCUT2D eigenvalue weighted by atomic mass is 16.6. The zero-order chi connectivity index (χ0) is 18.0. The summed E-state index contributed by atoms with van der Waals surface area (Å²) in [6, 6.07) is 9.77. The topological polar surface area (TPSA) is 59.8 Å². The van der Waals surface area contributed by atoms with Gasteiger partial charge in [-0.2, -0.15) is 5.10 Å². The van der Waals surface area contributed by atoms with Crippen molar-refractivity contribution in [3.8, 4) is 0 Å². The minimum Gasteiger partial charge on any atom is -0.377 e. The number of morpholine rings is 1. The van der Waals surface area contributed by atoms with Crippen molar-refractivity contribution in [2.24, 2.45) is 7.05 Å². The number of rotatable bonds is 3. The second kappa shape index (κ2) is 7.19. The van der Waals surface area contributed by atoms with E-state index in [1.807, 2.05) is 59.4 Å². The Morgan fingerprint density at radius 1 is 1.23 bits per heavy atom. The van der Waals surface area contributed by atoms with E-state index in [2.05, 4.69) is 10.00 Å². The Bertz CT molecular complexity index is 763. The van der Waals surface area contributed by atoms with Crippen molar-refractivity contribution in [1.29, 1.82) is 0 Å². The van der Waals surface area contributed by atoms with Crippen LogP contribution in [0.2, 0.25) is 0 Å². The highest BCUT2D eigenvalue weighted by Crippen LogP contribution is 2.27. The summed E-state index contributed by atoms with van der Waals surface area (Å²) in [6.07, 6.45) is 3.92. The maximum Gasteiger partial charge on any atom is 0.253 e. The van der Waals surface area contributed by atoms with Gasteiger partial charge in [-0.25, -0.2) is 0 Å². The number of nitrogens with zero attached hydrogens (tertiary/aromatic N) is 4. The number of ether oxygens (including phenoxy) is 2. The largest absolute Gasteiger partial charge is 0.377 e. The van der Waals surface area contributed by atoms with Crippen LogP contribution in [0.4, 0.5) is 5.69 Å². The van der Waals surface area contributed by atoms with Gasteiger partial charge in [-0.15, -0.1) is 0 Å². The van der Waals surface area contributed by atoms with E-state index in [1.54, 1.807) is 0 Å². The second-order valence-corrected chi connectivity index (χ2v) is 7.07. The van der Waals surface area contributed by atoms with Crippen LogP contribution in [0.15, 0.2) is 42.7 Å². The van der Waals surface area contributed by atoms with Gasteiger partial charge >= 0.3 is 0 Å². The summed E-state index contributed by atoms with van der Waals surface area (Å²) in [5, 5.41) is 4.25. The summed E-state index contributed by atoms with van der Waals surface area (Å²) >= 11 is 0. The highest BCUT2D eigenvalue weighted by Gasteiger charge is 2.43. The molecule has 4 rings (SSSR count). The van der Waals surface area contributed by atoms with Gasteiger partial charge in [0.1, 0.15) is 12.2 Å². The molecule has 1 aromatic heterocycles. The van der Waals surface area contributed by atoms with Crippen molar-refractivity contribution < 1.29 is 14.3 Å². The van der Waals surface area contributed by atoms with E-state index in [0.29, 0.717) is 19.8 Å². The molecule has 26 heavy (non-hydrogen) atoms. The molecule has 7 nitrogen and oxygen atoms in total. The van der Waals surface area contributed by atoms with Gasteiger partial charge in [0.05, 0.1) is 26.0 Å². The van der Waals surface area contributed by atoms with Crippen molar-refractivity contribution in [3.63, 3.8) is 0 Å². The van der Waals surface area contributed by atoms with Crippen molar-refractivity contribution in [2.45, 2.75) is 12.1 Å². The highest BCUT2D eigenvalue weighted by molar-refractivity contribution is 5.95. The molecule has 1 aromatic carbocycles. The van der Waals surface area contributed by atoms with Crippen LogP contribution < -0.4 is 4.90 Å². The van der Waals surface area contributed by atoms with E-state index in [9.17, 15) is 4.79 Å². The van der Waals surface area contributed by atoms with Gasteiger partial charge in [-0.3, -0.25) is 14.4 Å². The van der Waals surface area contributed by atoms with Crippen molar-refractivity contribution >= 4 is 11.6 Å². The smallest absolute Gasteiger partial charge is 0.253 e. The first-order chi connectivity index (χ1) is 12.6. The minimum atomic E-state index is -0.511. The molecule has 0 unspecified atom stereocenters. The zero-order valence-electron chi connectivity index (χ0n) is 15.0. The van der Waals surface area contributed by atoms with E-state index in [1.165, 1.54) is 0 Å². The number of aromatic nitrogens is 2. The number of benzene rings is 1. The molecule has 0 saturated carbocycles. The fourth-order valence-electron chi connectivity index (χ4n) is 3.67. The van der Waals surface area contributed by atoms with Crippen molar-refractivity contribution in [1.82, 2.24) is 14.7 Å². The summed E-state index contributed by atoms with van der Waals surface area (Å²) < 4.78 is 13.7. The fraction of sp³-hybridized carbons (Fsp3) is 0.474. The van der Waals surface area contributed by atoms with Crippen LogP contribution in [0.3, 0.4) is 0 Å². The Labute approximate surface area is 153 Å². The molecule has 2 saturated heterocycles. The molecule has 2 aromatic rings. The average molecular weight is 356 g/mol. The molecule has 1 atom stereocenters. The van der Waals surface area contributed by atoms with Crippen LogP contribution in [-0.4, -0.2) is 65.6 Å². The Hall–Kier alpha value is -2.22.